The molecular weight excluding hydrogens is 547 g/mol. The Morgan fingerprint density at radius 1 is 0.976 bits per heavy atom. The van der Waals surface area contributed by atoms with Crippen LogP contribution in [0.4, 0.5) is 24.0 Å². The normalized spacial score (nSPS) is 11.6. The smallest absolute Gasteiger partial charge is 0.332 e. The standard InChI is InChI=1S/C31H26F3N5OS/c1-20-15-24(21(2)39(20)28-13-11-23(12-14-28)22-7-4-3-5-8-22)18-35-38-29(40)17-27-19-41-30(37-27)36-26-10-6-9-25(16-26)31(32,33)34/h3-16,18-19H,17H2,1-2H3,(H,36,37)(H,38,40)/b35-18-. The Balaban J connectivity index is 1.19. The van der Waals surface area contributed by atoms with Crippen molar-refractivity contribution in [2.75, 3.05) is 5.32 Å². The van der Waals surface area contributed by atoms with Crippen LogP contribution < -0.4 is 10.7 Å². The Hall–Kier alpha value is -4.70. The zero-order valence-electron chi connectivity index (χ0n) is 22.2. The second-order valence-electron chi connectivity index (χ2n) is 9.39. The van der Waals surface area contributed by atoms with Gasteiger partial charge in [-0.3, -0.25) is 4.79 Å². The minimum atomic E-state index is -4.43. The molecule has 0 spiro atoms. The Kier molecular flexibility index (Phi) is 8.02. The second-order valence-corrected chi connectivity index (χ2v) is 10.3. The SMILES string of the molecule is Cc1cc(/C=N\NC(=O)Cc2csc(Nc3cccc(C(F)(F)F)c3)n2)c(C)n1-c1ccc(-c2ccccc2)cc1. The van der Waals surface area contributed by atoms with E-state index < -0.39 is 11.7 Å². The van der Waals surface area contributed by atoms with Gasteiger partial charge in [0.2, 0.25) is 5.91 Å². The van der Waals surface area contributed by atoms with E-state index in [1.54, 1.807) is 11.6 Å². The number of anilines is 2. The minimum Gasteiger partial charge on any atom is -0.332 e. The van der Waals surface area contributed by atoms with Gasteiger partial charge < -0.3 is 9.88 Å². The lowest BCUT2D eigenvalue weighted by Crippen LogP contribution is -2.20. The summed E-state index contributed by atoms with van der Waals surface area (Å²) in [5, 5.41) is 9.05. The first-order valence-corrected chi connectivity index (χ1v) is 13.6. The number of aryl methyl sites for hydroxylation is 1. The molecule has 41 heavy (non-hydrogen) atoms. The Labute approximate surface area is 239 Å². The number of alkyl halides is 3. The number of hydrogen-bond donors (Lipinski definition) is 2. The van der Waals surface area contributed by atoms with E-state index >= 15 is 0 Å². The fraction of sp³-hybridized carbons (Fsp3) is 0.129. The topological polar surface area (TPSA) is 71.3 Å². The molecule has 208 valence electrons. The van der Waals surface area contributed by atoms with Gasteiger partial charge in [0.25, 0.3) is 0 Å². The molecule has 0 aliphatic rings. The summed E-state index contributed by atoms with van der Waals surface area (Å²) >= 11 is 1.20. The summed E-state index contributed by atoms with van der Waals surface area (Å²) in [6.45, 7) is 4.01. The van der Waals surface area contributed by atoms with Crippen LogP contribution in [0.15, 0.2) is 95.4 Å². The Morgan fingerprint density at radius 2 is 1.71 bits per heavy atom. The van der Waals surface area contributed by atoms with Gasteiger partial charge >= 0.3 is 6.18 Å². The number of thiazole rings is 1. The van der Waals surface area contributed by atoms with E-state index in [4.69, 9.17) is 0 Å². The van der Waals surface area contributed by atoms with E-state index in [9.17, 15) is 18.0 Å². The highest BCUT2D eigenvalue weighted by Gasteiger charge is 2.30. The average molecular weight is 574 g/mol. The molecule has 10 heteroatoms. The highest BCUT2D eigenvalue weighted by Crippen LogP contribution is 2.32. The van der Waals surface area contributed by atoms with Crippen LogP contribution in [0.3, 0.4) is 0 Å². The van der Waals surface area contributed by atoms with Crippen molar-refractivity contribution in [2.24, 2.45) is 5.10 Å². The van der Waals surface area contributed by atoms with Crippen molar-refractivity contribution in [3.63, 3.8) is 0 Å². The zero-order chi connectivity index (χ0) is 29.0. The molecule has 2 heterocycles. The van der Waals surface area contributed by atoms with E-state index in [0.717, 1.165) is 45.9 Å². The van der Waals surface area contributed by atoms with Gasteiger partial charge in [0, 0.05) is 33.7 Å². The van der Waals surface area contributed by atoms with Gasteiger partial charge in [0.15, 0.2) is 5.13 Å². The van der Waals surface area contributed by atoms with Crippen molar-refractivity contribution in [1.82, 2.24) is 15.0 Å². The lowest BCUT2D eigenvalue weighted by Gasteiger charge is -2.11. The van der Waals surface area contributed by atoms with Gasteiger partial charge in [0.1, 0.15) is 0 Å². The van der Waals surface area contributed by atoms with E-state index in [-0.39, 0.29) is 18.0 Å². The van der Waals surface area contributed by atoms with Crippen molar-refractivity contribution < 1.29 is 18.0 Å². The number of aromatic nitrogens is 2. The first kappa shape index (κ1) is 27.9. The van der Waals surface area contributed by atoms with Crippen LogP contribution in [0, 0.1) is 13.8 Å². The van der Waals surface area contributed by atoms with Crippen LogP contribution in [0.1, 0.15) is 28.2 Å². The van der Waals surface area contributed by atoms with E-state index in [1.807, 2.05) is 38.1 Å². The molecule has 0 aliphatic carbocycles. The third-order valence-corrected chi connectivity index (χ3v) is 7.24. The number of amides is 1. The first-order valence-electron chi connectivity index (χ1n) is 12.7. The van der Waals surface area contributed by atoms with Crippen molar-refractivity contribution in [3.05, 3.63) is 119 Å². The van der Waals surface area contributed by atoms with Gasteiger partial charge in [-0.2, -0.15) is 18.3 Å². The maximum Gasteiger partial charge on any atom is 0.416 e. The van der Waals surface area contributed by atoms with Gasteiger partial charge in [0.05, 0.1) is 23.9 Å². The average Bonchev–Trinajstić information content (AvgIpc) is 3.51. The molecule has 0 aliphatic heterocycles. The fourth-order valence-electron chi connectivity index (χ4n) is 4.47. The molecule has 0 saturated carbocycles. The van der Waals surface area contributed by atoms with Gasteiger partial charge in [-0.15, -0.1) is 11.3 Å². The summed E-state index contributed by atoms with van der Waals surface area (Å²) in [5.74, 6) is -0.359. The third kappa shape index (κ3) is 6.72. The molecule has 0 radical (unpaired) electrons. The number of rotatable bonds is 8. The summed E-state index contributed by atoms with van der Waals surface area (Å²) < 4.78 is 41.0. The summed E-state index contributed by atoms with van der Waals surface area (Å²) in [4.78, 5) is 16.7. The highest BCUT2D eigenvalue weighted by atomic mass is 32.1. The van der Waals surface area contributed by atoms with Gasteiger partial charge in [-0.1, -0.05) is 48.5 Å². The fourth-order valence-corrected chi connectivity index (χ4v) is 5.20. The van der Waals surface area contributed by atoms with E-state index in [2.05, 4.69) is 61.8 Å². The number of carbonyl (C=O) groups excluding carboxylic acids is 1. The predicted molar refractivity (Wildman–Crippen MR) is 157 cm³/mol. The number of halogens is 3. The molecule has 0 atom stereocenters. The number of benzene rings is 3. The third-order valence-electron chi connectivity index (χ3n) is 6.43. The molecular formula is C31H26F3N5OS. The summed E-state index contributed by atoms with van der Waals surface area (Å²) in [6.07, 6.45) is -2.85. The molecule has 5 rings (SSSR count). The number of nitrogens with zero attached hydrogens (tertiary/aromatic N) is 3. The number of hydrogen-bond acceptors (Lipinski definition) is 5. The molecule has 3 aromatic carbocycles. The quantitative estimate of drug-likeness (QED) is 0.148. The summed E-state index contributed by atoms with van der Waals surface area (Å²) in [7, 11) is 0. The minimum absolute atomic E-state index is 0.0229. The summed E-state index contributed by atoms with van der Waals surface area (Å²) in [6, 6.07) is 25.4. The number of hydrazone groups is 1. The van der Waals surface area contributed by atoms with E-state index in [0.29, 0.717) is 10.8 Å². The van der Waals surface area contributed by atoms with Crippen LogP contribution >= 0.6 is 11.3 Å². The lowest BCUT2D eigenvalue weighted by molar-refractivity contribution is -0.137. The van der Waals surface area contributed by atoms with Crippen molar-refractivity contribution >= 4 is 34.3 Å². The van der Waals surface area contributed by atoms with Crippen LogP contribution in [0.2, 0.25) is 0 Å². The molecule has 2 aromatic heterocycles. The maximum atomic E-state index is 13.0. The predicted octanol–water partition coefficient (Wildman–Crippen LogP) is 7.67. The van der Waals surface area contributed by atoms with Gasteiger partial charge in [-0.25, -0.2) is 10.4 Å². The number of carbonyl (C=O) groups is 1. The van der Waals surface area contributed by atoms with Crippen LogP contribution in [-0.2, 0) is 17.4 Å². The first-order chi connectivity index (χ1) is 19.7. The van der Waals surface area contributed by atoms with Crippen molar-refractivity contribution in [3.8, 4) is 16.8 Å². The van der Waals surface area contributed by atoms with E-state index in [1.165, 1.54) is 23.5 Å². The largest absolute Gasteiger partial charge is 0.416 e. The monoisotopic (exact) mass is 573 g/mol. The molecule has 0 saturated heterocycles. The zero-order valence-corrected chi connectivity index (χ0v) is 23.1. The second kappa shape index (κ2) is 11.8. The van der Waals surface area contributed by atoms with Crippen LogP contribution in [0.5, 0.6) is 0 Å². The Morgan fingerprint density at radius 3 is 2.44 bits per heavy atom. The Bertz CT molecular complexity index is 1690. The van der Waals surface area contributed by atoms with Crippen molar-refractivity contribution in [1.29, 1.82) is 0 Å². The molecule has 1 amide bonds. The molecule has 0 fully saturated rings. The summed E-state index contributed by atoms with van der Waals surface area (Å²) in [5.41, 5.74) is 8.73. The molecule has 5 aromatic rings. The van der Waals surface area contributed by atoms with Crippen LogP contribution in [-0.4, -0.2) is 21.7 Å². The van der Waals surface area contributed by atoms with Crippen LogP contribution in [0.25, 0.3) is 16.8 Å². The number of nitrogens with one attached hydrogen (secondary N) is 2. The maximum absolute atomic E-state index is 13.0. The lowest BCUT2D eigenvalue weighted by atomic mass is 10.1. The molecule has 6 nitrogen and oxygen atoms in total. The molecule has 0 unspecified atom stereocenters. The van der Waals surface area contributed by atoms with Crippen molar-refractivity contribution in [2.45, 2.75) is 26.4 Å². The highest BCUT2D eigenvalue weighted by molar-refractivity contribution is 7.13. The van der Waals surface area contributed by atoms with Gasteiger partial charge in [-0.05, 0) is 61.4 Å². The molecule has 0 bridgehead atoms. The molecule has 2 N–H and O–H groups in total.